The molecule has 1 aromatic rings. The summed E-state index contributed by atoms with van der Waals surface area (Å²) in [6, 6.07) is 2.84. The lowest BCUT2D eigenvalue weighted by Crippen LogP contribution is -2.25. The summed E-state index contributed by atoms with van der Waals surface area (Å²) in [5.74, 6) is -0.541. The van der Waals surface area contributed by atoms with Crippen molar-refractivity contribution in [1.29, 1.82) is 0 Å². The first-order valence-electron chi connectivity index (χ1n) is 5.60. The maximum Gasteiger partial charge on any atom is 0.416 e. The lowest BCUT2D eigenvalue weighted by molar-refractivity contribution is -0.137. The Hall–Kier alpha value is -1.72. The maximum atomic E-state index is 12.5. The molecular weight excluding hydrogens is 245 g/mol. The van der Waals surface area contributed by atoms with Gasteiger partial charge in [0.25, 0.3) is 5.91 Å². The van der Waals surface area contributed by atoms with Gasteiger partial charge in [-0.1, -0.05) is 13.3 Å². The monoisotopic (exact) mass is 260 g/mol. The highest BCUT2D eigenvalue weighted by molar-refractivity contribution is 5.95. The van der Waals surface area contributed by atoms with Crippen LogP contribution in [0, 0.1) is 0 Å². The Morgan fingerprint density at radius 3 is 2.56 bits per heavy atom. The number of nitrogens with one attached hydrogen (secondary N) is 1. The molecule has 6 heteroatoms. The molecular formula is C12H15F3N2O. The summed E-state index contributed by atoms with van der Waals surface area (Å²) < 4.78 is 37.6. The van der Waals surface area contributed by atoms with E-state index < -0.39 is 17.6 Å². The van der Waals surface area contributed by atoms with Crippen LogP contribution in [0.3, 0.4) is 0 Å². The summed E-state index contributed by atoms with van der Waals surface area (Å²) in [6.45, 7) is 2.39. The minimum Gasteiger partial charge on any atom is -0.399 e. The fraction of sp³-hybridized carbons (Fsp3) is 0.417. The van der Waals surface area contributed by atoms with E-state index in [9.17, 15) is 18.0 Å². The minimum absolute atomic E-state index is 0.0709. The van der Waals surface area contributed by atoms with Crippen LogP contribution in [-0.2, 0) is 6.18 Å². The molecule has 18 heavy (non-hydrogen) atoms. The number of carbonyl (C=O) groups excluding carboxylic acids is 1. The summed E-state index contributed by atoms with van der Waals surface area (Å²) in [4.78, 5) is 11.6. The van der Waals surface area contributed by atoms with Gasteiger partial charge in [-0.05, 0) is 24.6 Å². The molecule has 3 nitrogen and oxygen atoms in total. The van der Waals surface area contributed by atoms with Crippen molar-refractivity contribution < 1.29 is 18.0 Å². The summed E-state index contributed by atoms with van der Waals surface area (Å²) in [7, 11) is 0. The molecule has 0 saturated heterocycles. The van der Waals surface area contributed by atoms with Gasteiger partial charge in [0.15, 0.2) is 0 Å². The van der Waals surface area contributed by atoms with Crippen LogP contribution in [0.5, 0.6) is 0 Å². The number of halogens is 3. The minimum atomic E-state index is -4.51. The molecule has 1 amide bonds. The molecule has 0 saturated carbocycles. The first-order chi connectivity index (χ1) is 8.34. The lowest BCUT2D eigenvalue weighted by Gasteiger charge is -2.10. The highest BCUT2D eigenvalue weighted by Gasteiger charge is 2.31. The number of hydrogen-bond acceptors (Lipinski definition) is 2. The zero-order valence-electron chi connectivity index (χ0n) is 9.97. The molecule has 0 bridgehead atoms. The van der Waals surface area contributed by atoms with E-state index in [-0.39, 0.29) is 11.3 Å². The molecule has 100 valence electrons. The number of nitrogen functional groups attached to an aromatic ring is 1. The van der Waals surface area contributed by atoms with E-state index in [1.54, 1.807) is 0 Å². The van der Waals surface area contributed by atoms with E-state index in [1.807, 2.05) is 6.92 Å². The lowest BCUT2D eigenvalue weighted by atomic mass is 10.1. The highest BCUT2D eigenvalue weighted by atomic mass is 19.4. The number of benzene rings is 1. The van der Waals surface area contributed by atoms with Crippen LogP contribution in [0.25, 0.3) is 0 Å². The van der Waals surface area contributed by atoms with Crippen molar-refractivity contribution in [2.45, 2.75) is 25.9 Å². The second kappa shape index (κ2) is 5.75. The Bertz CT molecular complexity index is 430. The maximum absolute atomic E-state index is 12.5. The summed E-state index contributed by atoms with van der Waals surface area (Å²) in [5.41, 5.74) is 4.31. The molecule has 0 aliphatic heterocycles. The zero-order valence-corrected chi connectivity index (χ0v) is 9.97. The SMILES string of the molecule is CCCCNC(=O)c1cc(N)cc(C(F)(F)F)c1. The smallest absolute Gasteiger partial charge is 0.399 e. The van der Waals surface area contributed by atoms with Gasteiger partial charge >= 0.3 is 6.18 Å². The number of carbonyl (C=O) groups is 1. The molecule has 1 rings (SSSR count). The van der Waals surface area contributed by atoms with Gasteiger partial charge in [0.2, 0.25) is 0 Å². The number of unbranched alkanes of at least 4 members (excludes halogenated alkanes) is 1. The number of hydrogen-bond donors (Lipinski definition) is 2. The van der Waals surface area contributed by atoms with E-state index >= 15 is 0 Å². The second-order valence-corrected chi connectivity index (χ2v) is 3.95. The van der Waals surface area contributed by atoms with Crippen LogP contribution >= 0.6 is 0 Å². The van der Waals surface area contributed by atoms with Crippen LogP contribution in [0.1, 0.15) is 35.7 Å². The quantitative estimate of drug-likeness (QED) is 0.646. The normalized spacial score (nSPS) is 11.3. The second-order valence-electron chi connectivity index (χ2n) is 3.95. The van der Waals surface area contributed by atoms with Crippen LogP contribution in [0.2, 0.25) is 0 Å². The predicted molar refractivity (Wildman–Crippen MR) is 63.1 cm³/mol. The molecule has 0 unspecified atom stereocenters. The van der Waals surface area contributed by atoms with Gasteiger partial charge in [0, 0.05) is 17.8 Å². The summed E-state index contributed by atoms with van der Waals surface area (Å²) in [6.07, 6.45) is -2.83. The Morgan fingerprint density at radius 2 is 2.00 bits per heavy atom. The number of nitrogens with two attached hydrogens (primary N) is 1. The average Bonchev–Trinajstić information content (AvgIpc) is 2.27. The van der Waals surface area contributed by atoms with Crippen molar-refractivity contribution in [2.24, 2.45) is 0 Å². The number of alkyl halides is 3. The Morgan fingerprint density at radius 1 is 1.33 bits per heavy atom. The van der Waals surface area contributed by atoms with E-state index in [0.29, 0.717) is 6.54 Å². The van der Waals surface area contributed by atoms with E-state index in [4.69, 9.17) is 5.73 Å². The number of amides is 1. The van der Waals surface area contributed by atoms with Crippen molar-refractivity contribution in [3.8, 4) is 0 Å². The van der Waals surface area contributed by atoms with Gasteiger partial charge < -0.3 is 11.1 Å². The van der Waals surface area contributed by atoms with Gasteiger partial charge in [-0.15, -0.1) is 0 Å². The van der Waals surface area contributed by atoms with Gasteiger partial charge in [-0.3, -0.25) is 4.79 Å². The average molecular weight is 260 g/mol. The molecule has 3 N–H and O–H groups in total. The number of anilines is 1. The van der Waals surface area contributed by atoms with Gasteiger partial charge in [-0.2, -0.15) is 13.2 Å². The standard InChI is InChI=1S/C12H15F3N2O/c1-2-3-4-17-11(18)8-5-9(12(13,14)15)7-10(16)6-8/h5-7H,2-4,16H2,1H3,(H,17,18). The van der Waals surface area contributed by atoms with Crippen LogP contribution in [0.15, 0.2) is 18.2 Å². The Kier molecular flexibility index (Phi) is 4.58. The van der Waals surface area contributed by atoms with Crippen molar-refractivity contribution in [3.05, 3.63) is 29.3 Å². The van der Waals surface area contributed by atoms with E-state index in [0.717, 1.165) is 25.0 Å². The van der Waals surface area contributed by atoms with Gasteiger partial charge in [0.05, 0.1) is 5.56 Å². The highest BCUT2D eigenvalue weighted by Crippen LogP contribution is 2.31. The largest absolute Gasteiger partial charge is 0.416 e. The fourth-order valence-corrected chi connectivity index (χ4v) is 1.43. The fourth-order valence-electron chi connectivity index (χ4n) is 1.43. The molecule has 0 aliphatic rings. The van der Waals surface area contributed by atoms with Crippen molar-refractivity contribution in [3.63, 3.8) is 0 Å². The van der Waals surface area contributed by atoms with Crippen molar-refractivity contribution in [2.75, 3.05) is 12.3 Å². The molecule has 1 aromatic carbocycles. The first-order valence-corrected chi connectivity index (χ1v) is 5.60. The van der Waals surface area contributed by atoms with E-state index in [2.05, 4.69) is 5.32 Å². The third-order valence-electron chi connectivity index (χ3n) is 2.36. The van der Waals surface area contributed by atoms with Crippen molar-refractivity contribution >= 4 is 11.6 Å². The first kappa shape index (κ1) is 14.3. The molecule has 0 radical (unpaired) electrons. The van der Waals surface area contributed by atoms with Crippen LogP contribution in [0.4, 0.5) is 18.9 Å². The van der Waals surface area contributed by atoms with Gasteiger partial charge in [-0.25, -0.2) is 0 Å². The molecule has 0 spiro atoms. The Labute approximate surface area is 103 Å². The Balaban J connectivity index is 2.89. The molecule has 0 aromatic heterocycles. The summed E-state index contributed by atoms with van der Waals surface area (Å²) >= 11 is 0. The number of rotatable bonds is 4. The van der Waals surface area contributed by atoms with Crippen LogP contribution in [-0.4, -0.2) is 12.5 Å². The topological polar surface area (TPSA) is 55.1 Å². The zero-order chi connectivity index (χ0) is 13.8. The molecule has 0 atom stereocenters. The summed E-state index contributed by atoms with van der Waals surface area (Å²) in [5, 5.41) is 2.54. The third kappa shape index (κ3) is 3.94. The van der Waals surface area contributed by atoms with Gasteiger partial charge in [0.1, 0.15) is 0 Å². The van der Waals surface area contributed by atoms with Crippen LogP contribution < -0.4 is 11.1 Å². The third-order valence-corrected chi connectivity index (χ3v) is 2.36. The van der Waals surface area contributed by atoms with Crippen molar-refractivity contribution in [1.82, 2.24) is 5.32 Å². The molecule has 0 aliphatic carbocycles. The predicted octanol–water partition coefficient (Wildman–Crippen LogP) is 2.82. The molecule has 0 fully saturated rings. The molecule has 0 heterocycles. The van der Waals surface area contributed by atoms with E-state index in [1.165, 1.54) is 6.07 Å².